The van der Waals surface area contributed by atoms with Crippen molar-refractivity contribution >= 4 is 27.7 Å². The van der Waals surface area contributed by atoms with E-state index in [1.807, 2.05) is 33.9 Å². The standard InChI is InChI=1S/C19H19BrN6O2/c1-28-14-2-3-16(20)15(10-14)19(27)25-8-6-24(7-9-25)17-11-18(23-12-22-17)26-5-4-21-13-26/h2-5,10-13H,6-9H2,1H3. The first-order valence-electron chi connectivity index (χ1n) is 8.84. The molecule has 1 aromatic carbocycles. The Hall–Kier alpha value is -2.94. The minimum Gasteiger partial charge on any atom is -0.497 e. The number of anilines is 1. The van der Waals surface area contributed by atoms with E-state index in [-0.39, 0.29) is 5.91 Å². The summed E-state index contributed by atoms with van der Waals surface area (Å²) in [7, 11) is 1.59. The van der Waals surface area contributed by atoms with Crippen molar-refractivity contribution in [1.82, 2.24) is 24.4 Å². The van der Waals surface area contributed by atoms with Gasteiger partial charge in [0.15, 0.2) is 0 Å². The van der Waals surface area contributed by atoms with Crippen LogP contribution in [-0.4, -0.2) is 63.6 Å². The lowest BCUT2D eigenvalue weighted by molar-refractivity contribution is 0.0745. The number of ether oxygens (including phenoxy) is 1. The molecule has 0 atom stereocenters. The molecule has 2 aromatic heterocycles. The lowest BCUT2D eigenvalue weighted by Gasteiger charge is -2.35. The first kappa shape index (κ1) is 18.4. The van der Waals surface area contributed by atoms with Crippen molar-refractivity contribution in [1.29, 1.82) is 0 Å². The van der Waals surface area contributed by atoms with Gasteiger partial charge in [0.25, 0.3) is 5.91 Å². The largest absolute Gasteiger partial charge is 0.497 e. The Balaban J connectivity index is 1.45. The monoisotopic (exact) mass is 442 g/mol. The van der Waals surface area contributed by atoms with Crippen LogP contribution in [0, 0.1) is 0 Å². The van der Waals surface area contributed by atoms with Crippen molar-refractivity contribution in [3.8, 4) is 11.6 Å². The number of nitrogens with zero attached hydrogens (tertiary/aromatic N) is 6. The minimum absolute atomic E-state index is 0.00721. The molecule has 3 aromatic rings. The van der Waals surface area contributed by atoms with Gasteiger partial charge in [0.05, 0.1) is 12.7 Å². The number of hydrogen-bond donors (Lipinski definition) is 0. The van der Waals surface area contributed by atoms with Crippen LogP contribution in [0.15, 0.2) is 53.8 Å². The second-order valence-electron chi connectivity index (χ2n) is 6.33. The molecular weight excluding hydrogens is 424 g/mol. The third-order valence-corrected chi connectivity index (χ3v) is 5.39. The number of aromatic nitrogens is 4. The fraction of sp³-hybridized carbons (Fsp3) is 0.263. The van der Waals surface area contributed by atoms with Crippen LogP contribution in [-0.2, 0) is 0 Å². The maximum absolute atomic E-state index is 12.9. The number of amides is 1. The molecule has 1 aliphatic rings. The van der Waals surface area contributed by atoms with E-state index < -0.39 is 0 Å². The summed E-state index contributed by atoms with van der Waals surface area (Å²) in [6.45, 7) is 2.64. The van der Waals surface area contributed by atoms with E-state index in [2.05, 4.69) is 35.8 Å². The Morgan fingerprint density at radius 3 is 2.61 bits per heavy atom. The van der Waals surface area contributed by atoms with Crippen LogP contribution in [0.1, 0.15) is 10.4 Å². The van der Waals surface area contributed by atoms with Gasteiger partial charge >= 0.3 is 0 Å². The summed E-state index contributed by atoms with van der Waals surface area (Å²) < 4.78 is 7.85. The number of hydrogen-bond acceptors (Lipinski definition) is 6. The summed E-state index contributed by atoms with van der Waals surface area (Å²) in [6.07, 6.45) is 6.81. The highest BCUT2D eigenvalue weighted by Gasteiger charge is 2.24. The molecule has 0 aliphatic carbocycles. The lowest BCUT2D eigenvalue weighted by atomic mass is 10.1. The molecule has 1 amide bonds. The molecule has 3 heterocycles. The Morgan fingerprint density at radius 2 is 1.89 bits per heavy atom. The zero-order valence-corrected chi connectivity index (χ0v) is 16.9. The van der Waals surface area contributed by atoms with Gasteiger partial charge < -0.3 is 14.5 Å². The normalized spacial score (nSPS) is 14.2. The third-order valence-electron chi connectivity index (χ3n) is 4.70. The summed E-state index contributed by atoms with van der Waals surface area (Å²) >= 11 is 3.46. The zero-order chi connectivity index (χ0) is 19.5. The molecule has 1 aliphatic heterocycles. The molecule has 9 heteroatoms. The van der Waals surface area contributed by atoms with E-state index in [0.29, 0.717) is 37.5 Å². The zero-order valence-electron chi connectivity index (χ0n) is 15.3. The van der Waals surface area contributed by atoms with Crippen molar-refractivity contribution in [3.63, 3.8) is 0 Å². The van der Waals surface area contributed by atoms with Gasteiger partial charge in [-0.15, -0.1) is 0 Å². The molecule has 144 valence electrons. The Kier molecular flexibility index (Phi) is 5.25. The van der Waals surface area contributed by atoms with Gasteiger partial charge in [-0.25, -0.2) is 15.0 Å². The van der Waals surface area contributed by atoms with E-state index >= 15 is 0 Å². The van der Waals surface area contributed by atoms with Gasteiger partial charge in [0.1, 0.15) is 30.0 Å². The number of piperazine rings is 1. The Bertz CT molecular complexity index is 970. The van der Waals surface area contributed by atoms with Crippen molar-refractivity contribution in [2.45, 2.75) is 0 Å². The van der Waals surface area contributed by atoms with Crippen LogP contribution in [0.3, 0.4) is 0 Å². The number of carbonyl (C=O) groups excluding carboxylic acids is 1. The molecule has 8 nitrogen and oxygen atoms in total. The third kappa shape index (κ3) is 3.70. The number of methoxy groups -OCH3 is 1. The van der Waals surface area contributed by atoms with E-state index in [1.165, 1.54) is 0 Å². The summed E-state index contributed by atoms with van der Waals surface area (Å²) in [5.74, 6) is 2.26. The smallest absolute Gasteiger partial charge is 0.255 e. The van der Waals surface area contributed by atoms with E-state index in [0.717, 1.165) is 16.1 Å². The number of benzene rings is 1. The number of imidazole rings is 1. The van der Waals surface area contributed by atoms with Gasteiger partial charge in [-0.2, -0.15) is 0 Å². The highest BCUT2D eigenvalue weighted by molar-refractivity contribution is 9.10. The first-order chi connectivity index (χ1) is 13.7. The number of carbonyl (C=O) groups is 1. The van der Waals surface area contributed by atoms with Gasteiger partial charge in [0.2, 0.25) is 0 Å². The summed E-state index contributed by atoms with van der Waals surface area (Å²) in [6, 6.07) is 7.35. The van der Waals surface area contributed by atoms with Crippen LogP contribution in [0.25, 0.3) is 5.82 Å². The highest BCUT2D eigenvalue weighted by Crippen LogP contribution is 2.25. The average Bonchev–Trinajstić information content (AvgIpc) is 3.29. The predicted octanol–water partition coefficient (Wildman–Crippen LogP) is 2.40. The van der Waals surface area contributed by atoms with Crippen LogP contribution < -0.4 is 9.64 Å². The van der Waals surface area contributed by atoms with Gasteiger partial charge in [-0.05, 0) is 34.1 Å². The molecule has 4 rings (SSSR count). The van der Waals surface area contributed by atoms with Gasteiger partial charge in [-0.1, -0.05) is 0 Å². The van der Waals surface area contributed by atoms with Gasteiger partial charge in [0, 0.05) is 49.1 Å². The predicted molar refractivity (Wildman–Crippen MR) is 108 cm³/mol. The maximum Gasteiger partial charge on any atom is 0.255 e. The van der Waals surface area contributed by atoms with Crippen LogP contribution >= 0.6 is 15.9 Å². The molecule has 0 spiro atoms. The quantitative estimate of drug-likeness (QED) is 0.617. The maximum atomic E-state index is 12.9. The molecule has 1 fully saturated rings. The number of halogens is 1. The molecule has 0 N–H and O–H groups in total. The SMILES string of the molecule is COc1ccc(Br)c(C(=O)N2CCN(c3cc(-n4ccnc4)ncn3)CC2)c1. The van der Waals surface area contributed by atoms with Crippen molar-refractivity contribution < 1.29 is 9.53 Å². The topological polar surface area (TPSA) is 76.4 Å². The molecule has 0 unspecified atom stereocenters. The van der Waals surface area contributed by atoms with E-state index in [4.69, 9.17) is 4.74 Å². The molecule has 0 radical (unpaired) electrons. The number of rotatable bonds is 4. The first-order valence-corrected chi connectivity index (χ1v) is 9.63. The van der Waals surface area contributed by atoms with Crippen LogP contribution in [0.4, 0.5) is 5.82 Å². The molecular formula is C19H19BrN6O2. The van der Waals surface area contributed by atoms with Crippen molar-refractivity contribution in [2.75, 3.05) is 38.2 Å². The second-order valence-corrected chi connectivity index (χ2v) is 7.18. The Labute approximate surface area is 170 Å². The van der Waals surface area contributed by atoms with Crippen LogP contribution in [0.5, 0.6) is 5.75 Å². The molecule has 0 saturated carbocycles. The lowest BCUT2D eigenvalue weighted by Crippen LogP contribution is -2.49. The van der Waals surface area contributed by atoms with E-state index in [9.17, 15) is 4.79 Å². The summed E-state index contributed by atoms with van der Waals surface area (Å²) in [4.78, 5) is 29.7. The summed E-state index contributed by atoms with van der Waals surface area (Å²) in [5, 5.41) is 0. The molecule has 28 heavy (non-hydrogen) atoms. The molecule has 0 bridgehead atoms. The molecule has 1 saturated heterocycles. The van der Waals surface area contributed by atoms with Gasteiger partial charge in [-0.3, -0.25) is 9.36 Å². The fourth-order valence-corrected chi connectivity index (χ4v) is 3.57. The Morgan fingerprint density at radius 1 is 1.11 bits per heavy atom. The summed E-state index contributed by atoms with van der Waals surface area (Å²) in [5.41, 5.74) is 0.609. The average molecular weight is 443 g/mol. The fourth-order valence-electron chi connectivity index (χ4n) is 3.15. The highest BCUT2D eigenvalue weighted by atomic mass is 79.9. The van der Waals surface area contributed by atoms with E-state index in [1.54, 1.807) is 32.0 Å². The minimum atomic E-state index is -0.00721. The van der Waals surface area contributed by atoms with Crippen molar-refractivity contribution in [3.05, 3.63) is 59.3 Å². The van der Waals surface area contributed by atoms with Crippen LogP contribution in [0.2, 0.25) is 0 Å². The second kappa shape index (κ2) is 7.97. The van der Waals surface area contributed by atoms with Crippen molar-refractivity contribution in [2.24, 2.45) is 0 Å².